The van der Waals surface area contributed by atoms with Crippen LogP contribution in [0.15, 0.2) is 12.7 Å². The lowest BCUT2D eigenvalue weighted by Gasteiger charge is -2.13. The molecule has 0 rings (SSSR count). The molecule has 1 atom stereocenters. The van der Waals surface area contributed by atoms with Crippen molar-refractivity contribution in [3.05, 3.63) is 12.7 Å². The second-order valence-electron chi connectivity index (χ2n) is 3.60. The number of methoxy groups -OCH3 is 1. The summed E-state index contributed by atoms with van der Waals surface area (Å²) in [5.74, 6) is -0.314. The number of carbonyl (C=O) groups excluding carboxylic acids is 1. The van der Waals surface area contributed by atoms with Crippen molar-refractivity contribution in [3.8, 4) is 0 Å². The van der Waals surface area contributed by atoms with Crippen LogP contribution in [0.25, 0.3) is 0 Å². The summed E-state index contributed by atoms with van der Waals surface area (Å²) in [6.07, 6.45) is 2.43. The van der Waals surface area contributed by atoms with Crippen LogP contribution in [0.2, 0.25) is 18.1 Å². The first-order valence-corrected chi connectivity index (χ1v) is 7.97. The highest BCUT2D eigenvalue weighted by Crippen LogP contribution is 2.08. The minimum atomic E-state index is -0.758. The topological polar surface area (TPSA) is 35.5 Å². The van der Waals surface area contributed by atoms with Gasteiger partial charge < -0.3 is 9.47 Å². The smallest absolute Gasteiger partial charge is 0.330 e. The minimum Gasteiger partial charge on any atom is -0.463 e. The molecule has 4 heteroatoms. The molecule has 88 valence electrons. The molecule has 1 unspecified atom stereocenters. The first kappa shape index (κ1) is 14.4. The van der Waals surface area contributed by atoms with Gasteiger partial charge in [0.25, 0.3) is 0 Å². The largest absolute Gasteiger partial charge is 0.463 e. The number of hydrogen-bond donors (Lipinski definition) is 0. The predicted molar refractivity (Wildman–Crippen MR) is 64.9 cm³/mol. The van der Waals surface area contributed by atoms with Gasteiger partial charge in [0.15, 0.2) is 0 Å². The van der Waals surface area contributed by atoms with E-state index >= 15 is 0 Å². The average Bonchev–Trinajstić information content (AvgIpc) is 2.25. The molecule has 0 heterocycles. The number of hydrogen-bond acceptors (Lipinski definition) is 3. The van der Waals surface area contributed by atoms with E-state index in [1.54, 1.807) is 7.11 Å². The molecule has 0 aliphatic heterocycles. The standard InChI is InChI=1S/C11H22O3Si/c1-4-8-15(9-6-13-3)10-7-14-11(12)5-2/h5,15H,2,4,6-10H2,1,3H3. The Labute approximate surface area is 94.1 Å². The number of rotatable bonds is 9. The molecule has 0 spiro atoms. The van der Waals surface area contributed by atoms with E-state index in [0.29, 0.717) is 6.61 Å². The fraction of sp³-hybridized carbons (Fsp3) is 0.727. The van der Waals surface area contributed by atoms with Gasteiger partial charge in [-0.05, 0) is 12.1 Å². The summed E-state index contributed by atoms with van der Waals surface area (Å²) < 4.78 is 10.1. The lowest BCUT2D eigenvalue weighted by Crippen LogP contribution is -2.17. The van der Waals surface area contributed by atoms with Gasteiger partial charge in [-0.2, -0.15) is 0 Å². The van der Waals surface area contributed by atoms with E-state index in [0.717, 1.165) is 12.7 Å². The van der Waals surface area contributed by atoms with Gasteiger partial charge in [-0.1, -0.05) is 26.0 Å². The van der Waals surface area contributed by atoms with E-state index in [9.17, 15) is 4.79 Å². The van der Waals surface area contributed by atoms with Crippen LogP contribution >= 0.6 is 0 Å². The molecule has 0 aromatic heterocycles. The summed E-state index contributed by atoms with van der Waals surface area (Å²) >= 11 is 0. The van der Waals surface area contributed by atoms with Crippen LogP contribution in [0.4, 0.5) is 0 Å². The first-order valence-electron chi connectivity index (χ1n) is 5.52. The number of ether oxygens (including phenoxy) is 2. The zero-order valence-electron chi connectivity index (χ0n) is 9.83. The van der Waals surface area contributed by atoms with E-state index in [2.05, 4.69) is 13.5 Å². The lowest BCUT2D eigenvalue weighted by molar-refractivity contribution is -0.137. The van der Waals surface area contributed by atoms with Crippen molar-refractivity contribution >= 4 is 14.8 Å². The Morgan fingerprint density at radius 3 is 2.53 bits per heavy atom. The van der Waals surface area contributed by atoms with Gasteiger partial charge in [0.2, 0.25) is 0 Å². The molecule has 15 heavy (non-hydrogen) atoms. The van der Waals surface area contributed by atoms with Crippen LogP contribution in [-0.2, 0) is 14.3 Å². The quantitative estimate of drug-likeness (QED) is 0.345. The number of carbonyl (C=O) groups is 1. The van der Waals surface area contributed by atoms with E-state index < -0.39 is 8.80 Å². The Kier molecular flexibility index (Phi) is 9.52. The normalized spacial score (nSPS) is 12.1. The van der Waals surface area contributed by atoms with E-state index in [1.165, 1.54) is 24.6 Å². The third-order valence-electron chi connectivity index (χ3n) is 2.36. The third kappa shape index (κ3) is 8.39. The summed E-state index contributed by atoms with van der Waals surface area (Å²) in [4.78, 5) is 10.8. The molecule has 3 nitrogen and oxygen atoms in total. The predicted octanol–water partition coefficient (Wildman–Crippen LogP) is 2.00. The highest BCUT2D eigenvalue weighted by Gasteiger charge is 2.10. The Balaban J connectivity index is 3.64. The van der Waals surface area contributed by atoms with Crippen molar-refractivity contribution in [2.75, 3.05) is 20.3 Å². The summed E-state index contributed by atoms with van der Waals surface area (Å²) in [5.41, 5.74) is 0. The minimum absolute atomic E-state index is 0.314. The van der Waals surface area contributed by atoms with E-state index in [4.69, 9.17) is 9.47 Å². The van der Waals surface area contributed by atoms with E-state index in [-0.39, 0.29) is 5.97 Å². The average molecular weight is 230 g/mol. The summed E-state index contributed by atoms with van der Waals surface area (Å²) in [7, 11) is 0.973. The van der Waals surface area contributed by atoms with Gasteiger partial charge in [0.05, 0.1) is 6.61 Å². The van der Waals surface area contributed by atoms with Crippen molar-refractivity contribution in [2.45, 2.75) is 31.5 Å². The maximum Gasteiger partial charge on any atom is 0.330 e. The zero-order chi connectivity index (χ0) is 11.5. The summed E-state index contributed by atoms with van der Waals surface area (Å²) in [5, 5.41) is 0. The van der Waals surface area contributed by atoms with Crippen molar-refractivity contribution in [1.29, 1.82) is 0 Å². The molecule has 0 bridgehead atoms. The van der Waals surface area contributed by atoms with Gasteiger partial charge in [0, 0.05) is 28.6 Å². The van der Waals surface area contributed by atoms with Crippen LogP contribution in [0, 0.1) is 0 Å². The Morgan fingerprint density at radius 1 is 1.33 bits per heavy atom. The number of esters is 1. The molecule has 0 saturated heterocycles. The zero-order valence-corrected chi connectivity index (χ0v) is 11.0. The second kappa shape index (κ2) is 9.92. The Morgan fingerprint density at radius 2 is 2.00 bits per heavy atom. The molecule has 0 aliphatic rings. The molecule has 0 fully saturated rings. The van der Waals surface area contributed by atoms with Crippen LogP contribution in [0.5, 0.6) is 0 Å². The van der Waals surface area contributed by atoms with Crippen LogP contribution in [0.3, 0.4) is 0 Å². The van der Waals surface area contributed by atoms with Gasteiger partial charge in [0.1, 0.15) is 0 Å². The van der Waals surface area contributed by atoms with Crippen molar-refractivity contribution in [2.24, 2.45) is 0 Å². The Bertz CT molecular complexity index is 183. The van der Waals surface area contributed by atoms with Crippen LogP contribution < -0.4 is 0 Å². The molecule has 0 aliphatic carbocycles. The van der Waals surface area contributed by atoms with Crippen LogP contribution in [-0.4, -0.2) is 35.1 Å². The third-order valence-corrected chi connectivity index (χ3v) is 5.86. The van der Waals surface area contributed by atoms with Crippen molar-refractivity contribution in [1.82, 2.24) is 0 Å². The van der Waals surface area contributed by atoms with Gasteiger partial charge in [-0.3, -0.25) is 0 Å². The first-order chi connectivity index (χ1) is 7.24. The highest BCUT2D eigenvalue weighted by molar-refractivity contribution is 6.58. The maximum absolute atomic E-state index is 10.8. The highest BCUT2D eigenvalue weighted by atomic mass is 28.3. The monoisotopic (exact) mass is 230 g/mol. The second-order valence-corrected chi connectivity index (χ2v) is 7.06. The van der Waals surface area contributed by atoms with E-state index in [1.807, 2.05) is 0 Å². The summed E-state index contributed by atoms with van der Waals surface area (Å²) in [6, 6.07) is 3.53. The van der Waals surface area contributed by atoms with Crippen LogP contribution in [0.1, 0.15) is 13.3 Å². The molecule has 0 amide bonds. The van der Waals surface area contributed by atoms with Crippen molar-refractivity contribution < 1.29 is 14.3 Å². The molecule has 0 N–H and O–H groups in total. The molecular weight excluding hydrogens is 208 g/mol. The molecule has 0 radical (unpaired) electrons. The molecule has 0 aromatic rings. The molecule has 0 saturated carbocycles. The SMILES string of the molecule is C=CC(=O)OCC[SiH](CCC)CCOC. The summed E-state index contributed by atoms with van der Waals surface area (Å²) in [6.45, 7) is 6.94. The molecular formula is C11H22O3Si. The Hall–Kier alpha value is -0.613. The maximum atomic E-state index is 10.8. The lowest BCUT2D eigenvalue weighted by atomic mass is 10.6. The fourth-order valence-corrected chi connectivity index (χ4v) is 4.21. The van der Waals surface area contributed by atoms with Crippen molar-refractivity contribution in [3.63, 3.8) is 0 Å². The van der Waals surface area contributed by atoms with Gasteiger partial charge >= 0.3 is 5.97 Å². The fourth-order valence-electron chi connectivity index (χ4n) is 1.51. The van der Waals surface area contributed by atoms with Gasteiger partial charge in [-0.25, -0.2) is 4.79 Å². The molecule has 0 aromatic carbocycles. The van der Waals surface area contributed by atoms with Gasteiger partial charge in [-0.15, -0.1) is 0 Å².